The molecule has 0 radical (unpaired) electrons. The van der Waals surface area contributed by atoms with Gasteiger partial charge in [-0.1, -0.05) is 42.3 Å². The molecule has 3 aromatic carbocycles. The van der Waals surface area contributed by atoms with Gasteiger partial charge in [0, 0.05) is 33.3 Å². The summed E-state index contributed by atoms with van der Waals surface area (Å²) >= 11 is 12.3. The van der Waals surface area contributed by atoms with Gasteiger partial charge in [-0.05, 0) is 60.5 Å². The lowest BCUT2D eigenvalue weighted by Crippen LogP contribution is -2.17. The summed E-state index contributed by atoms with van der Waals surface area (Å²) in [5.74, 6) is -1.48. The van der Waals surface area contributed by atoms with Crippen molar-refractivity contribution in [3.05, 3.63) is 93.8 Å². The van der Waals surface area contributed by atoms with E-state index in [9.17, 15) is 17.6 Å². The molecule has 0 bridgehead atoms. The molecule has 9 heteroatoms. The van der Waals surface area contributed by atoms with Crippen molar-refractivity contribution in [3.8, 4) is 11.1 Å². The maximum atomic E-state index is 14.3. The second kappa shape index (κ2) is 9.70. The number of nitrogens with one attached hydrogen (secondary N) is 1. The van der Waals surface area contributed by atoms with Crippen molar-refractivity contribution in [2.75, 3.05) is 10.5 Å². The van der Waals surface area contributed by atoms with Crippen LogP contribution in [0.5, 0.6) is 0 Å². The van der Waals surface area contributed by atoms with Gasteiger partial charge in [0.15, 0.2) is 5.78 Å². The molecule has 0 atom stereocenters. The van der Waals surface area contributed by atoms with E-state index >= 15 is 0 Å². The predicted octanol–water partition coefficient (Wildman–Crippen LogP) is 6.73. The number of carbonyl (C=O) groups excluding carboxylic acids is 1. The Morgan fingerprint density at radius 1 is 1.00 bits per heavy atom. The number of hydrogen-bond acceptors (Lipinski definition) is 4. The van der Waals surface area contributed by atoms with Crippen LogP contribution in [0.25, 0.3) is 22.0 Å². The molecule has 34 heavy (non-hydrogen) atoms. The van der Waals surface area contributed by atoms with Gasteiger partial charge in [-0.15, -0.1) is 0 Å². The average molecular weight is 517 g/mol. The van der Waals surface area contributed by atoms with Crippen molar-refractivity contribution < 1.29 is 17.6 Å². The molecule has 174 valence electrons. The van der Waals surface area contributed by atoms with Gasteiger partial charge in [0.1, 0.15) is 5.82 Å². The first-order valence-electron chi connectivity index (χ1n) is 10.4. The Morgan fingerprint density at radius 2 is 1.74 bits per heavy atom. The van der Waals surface area contributed by atoms with Crippen LogP contribution >= 0.6 is 23.2 Å². The molecule has 1 heterocycles. The number of ketones is 1. The SMILES string of the molecule is CCCS(=O)(=O)Nc1cc(F)cc(C(=O)c2ccc3ncc(-c4ccc(Cl)cc4)cc3c2)c1Cl. The molecule has 0 unspecified atom stereocenters. The number of fused-ring (bicyclic) bond motifs is 1. The van der Waals surface area contributed by atoms with Crippen LogP contribution in [0.3, 0.4) is 0 Å². The van der Waals surface area contributed by atoms with E-state index in [1.54, 1.807) is 43.5 Å². The Morgan fingerprint density at radius 3 is 2.44 bits per heavy atom. The standard InChI is InChI=1S/C25H19Cl2FN2O3S/c1-2-9-34(32,33)30-23-13-20(28)12-21(24(23)27)25(31)16-5-8-22-17(10-16)11-18(14-29-22)15-3-6-19(26)7-4-15/h3-8,10-14,30H,2,9H2,1H3. The van der Waals surface area contributed by atoms with Crippen LogP contribution in [0.4, 0.5) is 10.1 Å². The van der Waals surface area contributed by atoms with Gasteiger partial charge in [0.05, 0.1) is 22.0 Å². The van der Waals surface area contributed by atoms with E-state index in [0.29, 0.717) is 22.3 Å². The molecule has 0 saturated heterocycles. The normalized spacial score (nSPS) is 11.5. The average Bonchev–Trinajstić information content (AvgIpc) is 2.80. The number of pyridine rings is 1. The molecule has 0 amide bonds. The van der Waals surface area contributed by atoms with Crippen molar-refractivity contribution in [1.29, 1.82) is 0 Å². The van der Waals surface area contributed by atoms with Crippen molar-refractivity contribution in [1.82, 2.24) is 4.98 Å². The lowest BCUT2D eigenvalue weighted by molar-refractivity contribution is 0.103. The first-order valence-corrected chi connectivity index (χ1v) is 12.8. The molecular formula is C25H19Cl2FN2O3S. The summed E-state index contributed by atoms with van der Waals surface area (Å²) in [6.45, 7) is 1.70. The highest BCUT2D eigenvalue weighted by Gasteiger charge is 2.20. The van der Waals surface area contributed by atoms with E-state index in [1.165, 1.54) is 0 Å². The van der Waals surface area contributed by atoms with Crippen LogP contribution in [-0.2, 0) is 10.0 Å². The van der Waals surface area contributed by atoms with Gasteiger partial charge in [0.2, 0.25) is 10.0 Å². The molecular weight excluding hydrogens is 498 g/mol. The van der Waals surface area contributed by atoms with Crippen molar-refractivity contribution in [3.63, 3.8) is 0 Å². The number of benzene rings is 3. The van der Waals surface area contributed by atoms with Crippen molar-refractivity contribution in [2.45, 2.75) is 13.3 Å². The zero-order valence-corrected chi connectivity index (χ0v) is 20.3. The maximum absolute atomic E-state index is 14.3. The van der Waals surface area contributed by atoms with Crippen LogP contribution in [0.1, 0.15) is 29.3 Å². The number of nitrogens with zero attached hydrogens (tertiary/aromatic N) is 1. The summed E-state index contributed by atoms with van der Waals surface area (Å²) in [5.41, 5.74) is 2.37. The fourth-order valence-electron chi connectivity index (χ4n) is 3.54. The molecule has 0 aliphatic heterocycles. The quantitative estimate of drug-likeness (QED) is 0.276. The highest BCUT2D eigenvalue weighted by atomic mass is 35.5. The molecule has 4 aromatic rings. The minimum atomic E-state index is -3.72. The second-order valence-corrected chi connectivity index (χ2v) is 10.4. The first kappa shape index (κ1) is 24.1. The fraction of sp³-hybridized carbons (Fsp3) is 0.120. The number of aromatic nitrogens is 1. The van der Waals surface area contributed by atoms with Gasteiger partial charge in [-0.2, -0.15) is 0 Å². The van der Waals surface area contributed by atoms with E-state index in [2.05, 4.69) is 9.71 Å². The Hall–Kier alpha value is -3.00. The van der Waals surface area contributed by atoms with Gasteiger partial charge in [-0.25, -0.2) is 12.8 Å². The highest BCUT2D eigenvalue weighted by Crippen LogP contribution is 2.31. The minimum absolute atomic E-state index is 0.142. The number of rotatable bonds is 7. The summed E-state index contributed by atoms with van der Waals surface area (Å²) in [6, 6.07) is 16.0. The van der Waals surface area contributed by atoms with Crippen LogP contribution in [0.15, 0.2) is 66.9 Å². The maximum Gasteiger partial charge on any atom is 0.232 e. The number of carbonyl (C=O) groups is 1. The minimum Gasteiger partial charge on any atom is -0.289 e. The largest absolute Gasteiger partial charge is 0.289 e. The Bertz CT molecular complexity index is 1510. The fourth-order valence-corrected chi connectivity index (χ4v) is 5.10. The van der Waals surface area contributed by atoms with Gasteiger partial charge in [-0.3, -0.25) is 14.5 Å². The molecule has 0 saturated carbocycles. The summed E-state index contributed by atoms with van der Waals surface area (Å²) in [4.78, 5) is 17.7. The Labute approximate surface area is 206 Å². The van der Waals surface area contributed by atoms with Gasteiger partial charge < -0.3 is 0 Å². The topological polar surface area (TPSA) is 76.1 Å². The number of anilines is 1. The smallest absolute Gasteiger partial charge is 0.232 e. The number of sulfonamides is 1. The Balaban J connectivity index is 1.73. The van der Waals surface area contributed by atoms with Gasteiger partial charge in [0.25, 0.3) is 0 Å². The van der Waals surface area contributed by atoms with E-state index in [1.807, 2.05) is 18.2 Å². The third-order valence-electron chi connectivity index (χ3n) is 5.14. The zero-order valence-electron chi connectivity index (χ0n) is 18.0. The summed E-state index contributed by atoms with van der Waals surface area (Å²) < 4.78 is 40.8. The number of hydrogen-bond donors (Lipinski definition) is 1. The first-order chi connectivity index (χ1) is 16.2. The molecule has 0 aliphatic rings. The predicted molar refractivity (Wildman–Crippen MR) is 135 cm³/mol. The molecule has 4 rings (SSSR count). The van der Waals surface area contributed by atoms with E-state index < -0.39 is 21.6 Å². The summed E-state index contributed by atoms with van der Waals surface area (Å²) in [7, 11) is -3.72. The zero-order chi connectivity index (χ0) is 24.5. The third-order valence-corrected chi connectivity index (χ3v) is 7.28. The molecule has 0 aliphatic carbocycles. The summed E-state index contributed by atoms with van der Waals surface area (Å²) in [6.07, 6.45) is 2.10. The van der Waals surface area contributed by atoms with Crippen LogP contribution in [0, 0.1) is 5.82 Å². The van der Waals surface area contributed by atoms with Crippen LogP contribution in [0.2, 0.25) is 10.0 Å². The van der Waals surface area contributed by atoms with Crippen LogP contribution < -0.4 is 4.72 Å². The molecule has 5 nitrogen and oxygen atoms in total. The lowest BCUT2D eigenvalue weighted by Gasteiger charge is -2.12. The third kappa shape index (κ3) is 5.22. The summed E-state index contributed by atoms with van der Waals surface area (Å²) in [5, 5.41) is 1.16. The van der Waals surface area contributed by atoms with E-state index in [0.717, 1.165) is 23.3 Å². The van der Waals surface area contributed by atoms with Crippen molar-refractivity contribution >= 4 is 55.6 Å². The second-order valence-electron chi connectivity index (χ2n) is 7.70. The monoisotopic (exact) mass is 516 g/mol. The van der Waals surface area contributed by atoms with E-state index in [-0.39, 0.29) is 27.6 Å². The molecule has 0 fully saturated rings. The lowest BCUT2D eigenvalue weighted by atomic mass is 9.99. The van der Waals surface area contributed by atoms with E-state index in [4.69, 9.17) is 23.2 Å². The molecule has 1 N–H and O–H groups in total. The molecule has 0 spiro atoms. The van der Waals surface area contributed by atoms with Crippen molar-refractivity contribution in [2.24, 2.45) is 0 Å². The molecule has 1 aromatic heterocycles. The number of halogens is 3. The Kier molecular flexibility index (Phi) is 6.89. The highest BCUT2D eigenvalue weighted by molar-refractivity contribution is 7.92. The van der Waals surface area contributed by atoms with Crippen LogP contribution in [-0.4, -0.2) is 24.9 Å². The van der Waals surface area contributed by atoms with Gasteiger partial charge >= 0.3 is 0 Å².